The van der Waals surface area contributed by atoms with Gasteiger partial charge in [0.05, 0.1) is 16.7 Å². The second-order valence-corrected chi connectivity index (χ2v) is 9.15. The summed E-state index contributed by atoms with van der Waals surface area (Å²) in [5.74, 6) is 0.146. The third kappa shape index (κ3) is 3.75. The maximum atomic E-state index is 12.3. The predicted octanol–water partition coefficient (Wildman–Crippen LogP) is 0.974. The Labute approximate surface area is 125 Å². The van der Waals surface area contributed by atoms with Crippen LogP contribution in [-0.4, -0.2) is 40.9 Å². The van der Waals surface area contributed by atoms with Gasteiger partial charge in [-0.3, -0.25) is 0 Å². The predicted molar refractivity (Wildman–Crippen MR) is 82.6 cm³/mol. The molecule has 1 heterocycles. The minimum Gasteiger partial charge on any atom is -0.384 e. The van der Waals surface area contributed by atoms with Crippen LogP contribution in [0.4, 0.5) is 5.69 Å². The zero-order chi connectivity index (χ0) is 15.5. The molecule has 0 aliphatic carbocycles. The van der Waals surface area contributed by atoms with Gasteiger partial charge in [0.25, 0.3) is 0 Å². The fraction of sp³-hybridized carbons (Fsp3) is 0.538. The molecule has 118 valence electrons. The van der Waals surface area contributed by atoms with Crippen molar-refractivity contribution < 1.29 is 16.8 Å². The first-order chi connectivity index (χ1) is 9.87. The molecule has 1 saturated heterocycles. The number of sulfonamides is 1. The highest BCUT2D eigenvalue weighted by atomic mass is 32.2. The molecule has 1 aliphatic rings. The second-order valence-electron chi connectivity index (χ2n) is 5.01. The van der Waals surface area contributed by atoms with E-state index in [0.717, 1.165) is 0 Å². The van der Waals surface area contributed by atoms with E-state index in [-0.39, 0.29) is 17.2 Å². The lowest BCUT2D eigenvalue weighted by Gasteiger charge is -2.14. The molecule has 6 nitrogen and oxygen atoms in total. The summed E-state index contributed by atoms with van der Waals surface area (Å²) in [6, 6.07) is 6.58. The highest BCUT2D eigenvalue weighted by Gasteiger charge is 2.32. The average molecular weight is 332 g/mol. The number of hydrogen-bond donors (Lipinski definition) is 2. The van der Waals surface area contributed by atoms with E-state index in [0.29, 0.717) is 25.1 Å². The molecule has 1 aromatic carbocycles. The lowest BCUT2D eigenvalue weighted by molar-refractivity contribution is 0.571. The average Bonchev–Trinajstić information content (AvgIpc) is 2.76. The number of benzene rings is 1. The molecular weight excluding hydrogens is 312 g/mol. The van der Waals surface area contributed by atoms with Crippen molar-refractivity contribution in [2.24, 2.45) is 0 Å². The summed E-state index contributed by atoms with van der Waals surface area (Å²) in [7, 11) is -6.88. The van der Waals surface area contributed by atoms with Gasteiger partial charge in [0.15, 0.2) is 9.84 Å². The SMILES string of the molecule is CCNc1ccccc1S(=O)(=O)NCC1CCCS1(=O)=O. The fourth-order valence-corrected chi connectivity index (χ4v) is 5.54. The highest BCUT2D eigenvalue weighted by molar-refractivity contribution is 7.92. The molecule has 1 aliphatic heterocycles. The normalized spacial score (nSPS) is 21.3. The summed E-state index contributed by atoms with van der Waals surface area (Å²) in [4.78, 5) is 0.141. The molecule has 1 atom stereocenters. The number of hydrogen-bond acceptors (Lipinski definition) is 5. The van der Waals surface area contributed by atoms with Gasteiger partial charge in [-0.05, 0) is 31.9 Å². The van der Waals surface area contributed by atoms with E-state index in [1.165, 1.54) is 6.07 Å². The van der Waals surface area contributed by atoms with Gasteiger partial charge in [0, 0.05) is 13.1 Å². The van der Waals surface area contributed by atoms with E-state index in [1.807, 2.05) is 6.92 Å². The van der Waals surface area contributed by atoms with Gasteiger partial charge in [-0.25, -0.2) is 21.6 Å². The minimum atomic E-state index is -3.73. The van der Waals surface area contributed by atoms with Crippen LogP contribution in [-0.2, 0) is 19.9 Å². The Balaban J connectivity index is 2.16. The zero-order valence-electron chi connectivity index (χ0n) is 11.9. The van der Waals surface area contributed by atoms with E-state index in [1.54, 1.807) is 18.2 Å². The Morgan fingerprint density at radius 3 is 2.62 bits per heavy atom. The molecule has 0 spiro atoms. The van der Waals surface area contributed by atoms with Crippen LogP contribution < -0.4 is 10.0 Å². The number of sulfone groups is 1. The fourth-order valence-electron chi connectivity index (χ4n) is 2.41. The summed E-state index contributed by atoms with van der Waals surface area (Å²) < 4.78 is 50.6. The molecule has 21 heavy (non-hydrogen) atoms. The van der Waals surface area contributed by atoms with Crippen LogP contribution >= 0.6 is 0 Å². The quantitative estimate of drug-likeness (QED) is 0.810. The van der Waals surface area contributed by atoms with Gasteiger partial charge in [-0.1, -0.05) is 12.1 Å². The van der Waals surface area contributed by atoms with Crippen LogP contribution in [0.5, 0.6) is 0 Å². The molecule has 0 bridgehead atoms. The van der Waals surface area contributed by atoms with Crippen LogP contribution in [0.3, 0.4) is 0 Å². The third-order valence-electron chi connectivity index (χ3n) is 3.51. The molecule has 0 amide bonds. The Bertz CT molecular complexity index is 699. The third-order valence-corrected chi connectivity index (χ3v) is 7.27. The van der Waals surface area contributed by atoms with Gasteiger partial charge >= 0.3 is 0 Å². The lowest BCUT2D eigenvalue weighted by Crippen LogP contribution is -2.34. The van der Waals surface area contributed by atoms with Crippen molar-refractivity contribution in [2.45, 2.75) is 29.9 Å². The molecule has 0 radical (unpaired) electrons. The summed E-state index contributed by atoms with van der Waals surface area (Å²) in [6.45, 7) is 2.41. The molecule has 1 aromatic rings. The Hall–Kier alpha value is -1.12. The van der Waals surface area contributed by atoms with Crippen molar-refractivity contribution in [3.63, 3.8) is 0 Å². The van der Waals surface area contributed by atoms with Gasteiger partial charge in [0.2, 0.25) is 10.0 Å². The van der Waals surface area contributed by atoms with Crippen LogP contribution in [0.1, 0.15) is 19.8 Å². The molecule has 2 N–H and O–H groups in total. The standard InChI is InChI=1S/C13H20N2O4S2/c1-2-14-12-7-3-4-8-13(12)21(18,19)15-10-11-6-5-9-20(11,16)17/h3-4,7-8,11,14-15H,2,5-6,9-10H2,1H3. The number of rotatable bonds is 6. The molecule has 0 aromatic heterocycles. The zero-order valence-corrected chi connectivity index (χ0v) is 13.5. The summed E-state index contributed by atoms with van der Waals surface area (Å²) in [6.07, 6.45) is 1.11. The van der Waals surface area contributed by atoms with Gasteiger partial charge in [0.1, 0.15) is 4.90 Å². The van der Waals surface area contributed by atoms with E-state index < -0.39 is 25.1 Å². The van der Waals surface area contributed by atoms with Gasteiger partial charge < -0.3 is 5.32 Å². The van der Waals surface area contributed by atoms with Crippen LogP contribution in [0.2, 0.25) is 0 Å². The van der Waals surface area contributed by atoms with Gasteiger partial charge in [-0.15, -0.1) is 0 Å². The summed E-state index contributed by atoms with van der Waals surface area (Å²) >= 11 is 0. The molecular formula is C13H20N2O4S2. The smallest absolute Gasteiger partial charge is 0.242 e. The van der Waals surface area contributed by atoms with Crippen molar-refractivity contribution in [3.05, 3.63) is 24.3 Å². The molecule has 1 unspecified atom stereocenters. The molecule has 1 fully saturated rings. The van der Waals surface area contributed by atoms with Crippen LogP contribution in [0.15, 0.2) is 29.2 Å². The Morgan fingerprint density at radius 1 is 1.29 bits per heavy atom. The number of nitrogens with one attached hydrogen (secondary N) is 2. The Kier molecular flexibility index (Phi) is 4.90. The first-order valence-corrected chi connectivity index (χ1v) is 10.1. The second kappa shape index (κ2) is 6.33. The maximum Gasteiger partial charge on any atom is 0.242 e. The van der Waals surface area contributed by atoms with E-state index >= 15 is 0 Å². The van der Waals surface area contributed by atoms with E-state index in [4.69, 9.17) is 0 Å². The highest BCUT2D eigenvalue weighted by Crippen LogP contribution is 2.22. The molecule has 2 rings (SSSR count). The van der Waals surface area contributed by atoms with Crippen molar-refractivity contribution in [1.29, 1.82) is 0 Å². The largest absolute Gasteiger partial charge is 0.384 e. The maximum absolute atomic E-state index is 12.3. The number of para-hydroxylation sites is 1. The van der Waals surface area contributed by atoms with Crippen molar-refractivity contribution in [2.75, 3.05) is 24.2 Å². The lowest BCUT2D eigenvalue weighted by atomic mass is 10.2. The first kappa shape index (κ1) is 16.3. The topological polar surface area (TPSA) is 92.3 Å². The monoisotopic (exact) mass is 332 g/mol. The van der Waals surface area contributed by atoms with E-state index in [2.05, 4.69) is 10.0 Å². The first-order valence-electron chi connectivity index (χ1n) is 6.91. The van der Waals surface area contributed by atoms with Gasteiger partial charge in [-0.2, -0.15) is 0 Å². The van der Waals surface area contributed by atoms with E-state index in [9.17, 15) is 16.8 Å². The molecule has 0 saturated carbocycles. The van der Waals surface area contributed by atoms with Crippen LogP contribution in [0.25, 0.3) is 0 Å². The summed E-state index contributed by atoms with van der Waals surface area (Å²) in [5.41, 5.74) is 0.516. The van der Waals surface area contributed by atoms with Crippen molar-refractivity contribution in [1.82, 2.24) is 4.72 Å². The molecule has 8 heteroatoms. The Morgan fingerprint density at radius 2 is 2.00 bits per heavy atom. The van der Waals surface area contributed by atoms with Crippen LogP contribution in [0, 0.1) is 0 Å². The minimum absolute atomic E-state index is 0.0644. The number of anilines is 1. The summed E-state index contributed by atoms with van der Waals surface area (Å²) in [5, 5.41) is 2.38. The van der Waals surface area contributed by atoms with Crippen molar-refractivity contribution >= 4 is 25.5 Å². The van der Waals surface area contributed by atoms with Crippen molar-refractivity contribution in [3.8, 4) is 0 Å².